The predicted octanol–water partition coefficient (Wildman–Crippen LogP) is 3.29. The van der Waals surface area contributed by atoms with Crippen LogP contribution in [0, 0.1) is 5.92 Å². The average molecular weight is 262 g/mol. The van der Waals surface area contributed by atoms with Crippen LogP contribution in [0.5, 0.6) is 5.75 Å². The Morgan fingerprint density at radius 3 is 2.63 bits per heavy atom. The summed E-state index contributed by atoms with van der Waals surface area (Å²) in [7, 11) is 1.67. The van der Waals surface area contributed by atoms with E-state index in [2.05, 4.69) is 17.9 Å². The van der Waals surface area contributed by atoms with Crippen LogP contribution in [0.15, 0.2) is 18.2 Å². The first-order chi connectivity index (χ1) is 9.22. The van der Waals surface area contributed by atoms with E-state index in [4.69, 9.17) is 10.5 Å². The molecule has 0 unspecified atom stereocenters. The number of rotatable bonds is 5. The summed E-state index contributed by atoms with van der Waals surface area (Å²) in [5.41, 5.74) is 8.14. The number of nitrogen functional groups attached to an aromatic ring is 1. The molecule has 1 aromatic carbocycles. The number of hydrogen-bond acceptors (Lipinski definition) is 3. The standard InChI is InChI=1S/C16H26N2O/c1-3-4-13-7-9-18(10-8-13)12-14-5-6-15(19-2)11-16(14)17/h5-6,11,13H,3-4,7-10,12,17H2,1-2H3. The highest BCUT2D eigenvalue weighted by atomic mass is 16.5. The number of likely N-dealkylation sites (tertiary alicyclic amines) is 1. The number of benzene rings is 1. The van der Waals surface area contributed by atoms with Crippen LogP contribution in [0.25, 0.3) is 0 Å². The molecule has 19 heavy (non-hydrogen) atoms. The molecule has 0 spiro atoms. The van der Waals surface area contributed by atoms with Crippen molar-refractivity contribution >= 4 is 5.69 Å². The van der Waals surface area contributed by atoms with Crippen LogP contribution in [-0.4, -0.2) is 25.1 Å². The van der Waals surface area contributed by atoms with E-state index in [1.807, 2.05) is 12.1 Å². The smallest absolute Gasteiger partial charge is 0.120 e. The van der Waals surface area contributed by atoms with Crippen molar-refractivity contribution in [2.75, 3.05) is 25.9 Å². The zero-order valence-electron chi connectivity index (χ0n) is 12.2. The maximum atomic E-state index is 6.08. The second-order valence-corrected chi connectivity index (χ2v) is 5.57. The molecule has 0 radical (unpaired) electrons. The second kappa shape index (κ2) is 6.80. The molecule has 3 heteroatoms. The summed E-state index contributed by atoms with van der Waals surface area (Å²) in [6.45, 7) is 5.66. The Kier molecular flexibility index (Phi) is 5.08. The Morgan fingerprint density at radius 1 is 1.32 bits per heavy atom. The van der Waals surface area contributed by atoms with Crippen LogP contribution in [0.1, 0.15) is 38.2 Å². The molecule has 0 saturated carbocycles. The van der Waals surface area contributed by atoms with E-state index in [1.54, 1.807) is 7.11 Å². The van der Waals surface area contributed by atoms with E-state index in [9.17, 15) is 0 Å². The zero-order chi connectivity index (χ0) is 13.7. The van der Waals surface area contributed by atoms with E-state index in [0.29, 0.717) is 0 Å². The summed E-state index contributed by atoms with van der Waals surface area (Å²) in [6.07, 6.45) is 5.38. The van der Waals surface area contributed by atoms with Gasteiger partial charge in [0.1, 0.15) is 5.75 Å². The highest BCUT2D eigenvalue weighted by molar-refractivity contribution is 5.51. The van der Waals surface area contributed by atoms with Gasteiger partial charge in [-0.05, 0) is 43.5 Å². The van der Waals surface area contributed by atoms with E-state index >= 15 is 0 Å². The van der Waals surface area contributed by atoms with Gasteiger partial charge in [0.25, 0.3) is 0 Å². The van der Waals surface area contributed by atoms with Crippen molar-refractivity contribution in [2.24, 2.45) is 5.92 Å². The lowest BCUT2D eigenvalue weighted by Crippen LogP contribution is -2.33. The lowest BCUT2D eigenvalue weighted by atomic mass is 9.92. The Bertz CT molecular complexity index is 398. The maximum absolute atomic E-state index is 6.08. The predicted molar refractivity (Wildman–Crippen MR) is 80.3 cm³/mol. The molecule has 1 fully saturated rings. The van der Waals surface area contributed by atoms with E-state index < -0.39 is 0 Å². The number of nitrogens with two attached hydrogens (primary N) is 1. The van der Waals surface area contributed by atoms with Gasteiger partial charge >= 0.3 is 0 Å². The van der Waals surface area contributed by atoms with Gasteiger partial charge in [-0.15, -0.1) is 0 Å². The molecular formula is C16H26N2O. The van der Waals surface area contributed by atoms with Crippen molar-refractivity contribution < 1.29 is 4.74 Å². The molecule has 1 aliphatic heterocycles. The lowest BCUT2D eigenvalue weighted by Gasteiger charge is -2.32. The van der Waals surface area contributed by atoms with Crippen molar-refractivity contribution in [1.82, 2.24) is 4.90 Å². The van der Waals surface area contributed by atoms with Gasteiger partial charge in [-0.25, -0.2) is 0 Å². The number of hydrogen-bond donors (Lipinski definition) is 1. The normalized spacial score (nSPS) is 17.6. The molecular weight excluding hydrogens is 236 g/mol. The quantitative estimate of drug-likeness (QED) is 0.828. The van der Waals surface area contributed by atoms with E-state index in [0.717, 1.165) is 23.9 Å². The fraction of sp³-hybridized carbons (Fsp3) is 0.625. The minimum Gasteiger partial charge on any atom is -0.497 e. The number of piperidine rings is 1. The summed E-state index contributed by atoms with van der Waals surface area (Å²) in [5.74, 6) is 1.78. The summed E-state index contributed by atoms with van der Waals surface area (Å²) in [4.78, 5) is 2.52. The average Bonchev–Trinajstić information content (AvgIpc) is 2.43. The molecule has 2 N–H and O–H groups in total. The summed E-state index contributed by atoms with van der Waals surface area (Å²) < 4.78 is 5.19. The molecule has 0 aliphatic carbocycles. The van der Waals surface area contributed by atoms with Gasteiger partial charge in [0.15, 0.2) is 0 Å². The van der Waals surface area contributed by atoms with Crippen LogP contribution in [0.3, 0.4) is 0 Å². The molecule has 0 bridgehead atoms. The Balaban J connectivity index is 1.88. The van der Waals surface area contributed by atoms with Crippen LogP contribution in [0.4, 0.5) is 5.69 Å². The molecule has 3 nitrogen and oxygen atoms in total. The van der Waals surface area contributed by atoms with Crippen LogP contribution >= 0.6 is 0 Å². The Morgan fingerprint density at radius 2 is 2.05 bits per heavy atom. The molecule has 1 saturated heterocycles. The first kappa shape index (κ1) is 14.2. The second-order valence-electron chi connectivity index (χ2n) is 5.57. The number of ether oxygens (including phenoxy) is 1. The van der Waals surface area contributed by atoms with Crippen molar-refractivity contribution in [2.45, 2.75) is 39.2 Å². The van der Waals surface area contributed by atoms with Gasteiger partial charge in [0, 0.05) is 18.3 Å². The topological polar surface area (TPSA) is 38.5 Å². The van der Waals surface area contributed by atoms with E-state index in [1.165, 1.54) is 44.3 Å². The fourth-order valence-corrected chi connectivity index (χ4v) is 2.93. The third-order valence-electron chi connectivity index (χ3n) is 4.15. The molecule has 1 heterocycles. The largest absolute Gasteiger partial charge is 0.497 e. The van der Waals surface area contributed by atoms with Crippen LogP contribution < -0.4 is 10.5 Å². The van der Waals surface area contributed by atoms with Crippen molar-refractivity contribution in [1.29, 1.82) is 0 Å². The third-order valence-corrected chi connectivity index (χ3v) is 4.15. The van der Waals surface area contributed by atoms with Gasteiger partial charge in [-0.2, -0.15) is 0 Å². The fourth-order valence-electron chi connectivity index (χ4n) is 2.93. The highest BCUT2D eigenvalue weighted by Crippen LogP contribution is 2.25. The number of nitrogens with zero attached hydrogens (tertiary/aromatic N) is 1. The summed E-state index contributed by atoms with van der Waals surface area (Å²) in [5, 5.41) is 0. The zero-order valence-corrected chi connectivity index (χ0v) is 12.2. The van der Waals surface area contributed by atoms with Crippen molar-refractivity contribution in [3.63, 3.8) is 0 Å². The molecule has 0 atom stereocenters. The summed E-state index contributed by atoms with van der Waals surface area (Å²) in [6, 6.07) is 6.00. The van der Waals surface area contributed by atoms with E-state index in [-0.39, 0.29) is 0 Å². The number of anilines is 1. The number of methoxy groups -OCH3 is 1. The molecule has 1 aliphatic rings. The maximum Gasteiger partial charge on any atom is 0.120 e. The molecule has 106 valence electrons. The lowest BCUT2D eigenvalue weighted by molar-refractivity contribution is 0.172. The third kappa shape index (κ3) is 3.87. The van der Waals surface area contributed by atoms with Gasteiger partial charge < -0.3 is 10.5 Å². The van der Waals surface area contributed by atoms with Gasteiger partial charge in [0.05, 0.1) is 7.11 Å². The highest BCUT2D eigenvalue weighted by Gasteiger charge is 2.19. The Hall–Kier alpha value is -1.22. The van der Waals surface area contributed by atoms with Crippen LogP contribution in [0.2, 0.25) is 0 Å². The van der Waals surface area contributed by atoms with Gasteiger partial charge in [0.2, 0.25) is 0 Å². The molecule has 2 rings (SSSR count). The monoisotopic (exact) mass is 262 g/mol. The first-order valence-corrected chi connectivity index (χ1v) is 7.37. The van der Waals surface area contributed by atoms with Crippen molar-refractivity contribution in [3.05, 3.63) is 23.8 Å². The minimum atomic E-state index is 0.836. The SMILES string of the molecule is CCCC1CCN(Cc2ccc(OC)cc2N)CC1. The van der Waals surface area contributed by atoms with Crippen molar-refractivity contribution in [3.8, 4) is 5.75 Å². The van der Waals surface area contributed by atoms with Gasteiger partial charge in [-0.3, -0.25) is 4.90 Å². The first-order valence-electron chi connectivity index (χ1n) is 7.37. The Labute approximate surface area is 116 Å². The molecule has 1 aromatic rings. The molecule has 0 aromatic heterocycles. The van der Waals surface area contributed by atoms with Crippen LogP contribution in [-0.2, 0) is 6.54 Å². The van der Waals surface area contributed by atoms with Gasteiger partial charge in [-0.1, -0.05) is 25.8 Å². The summed E-state index contributed by atoms with van der Waals surface area (Å²) >= 11 is 0. The molecule has 0 amide bonds. The minimum absolute atomic E-state index is 0.836.